The van der Waals surface area contributed by atoms with Gasteiger partial charge in [0.05, 0.1) is 19.1 Å². The summed E-state index contributed by atoms with van der Waals surface area (Å²) in [4.78, 5) is 50.6. The summed E-state index contributed by atoms with van der Waals surface area (Å²) in [6.07, 6.45) is -0.845. The third kappa shape index (κ3) is 6.08. The van der Waals surface area contributed by atoms with Gasteiger partial charge in [-0.15, -0.1) is 5.10 Å². The molecule has 0 aliphatic carbocycles. The molecule has 0 bridgehead atoms. The van der Waals surface area contributed by atoms with Crippen molar-refractivity contribution in [1.82, 2.24) is 15.0 Å². The number of carboxylic acids is 2. The summed E-state index contributed by atoms with van der Waals surface area (Å²) in [5, 5.41) is 28.4. The molecule has 5 aromatic rings. The number of carboxylic acid groups (broad SMARTS) is 2. The number of fused-ring (bicyclic) bond motifs is 2. The van der Waals surface area contributed by atoms with Crippen LogP contribution in [0.25, 0.3) is 21.9 Å². The maximum absolute atomic E-state index is 13.2. The number of Topliss-reactive ketones (excluding diaryl/α,β-unsaturated/α-hetero) is 1. The number of aryl methyl sites for hydroxylation is 1. The van der Waals surface area contributed by atoms with Crippen LogP contribution in [-0.4, -0.2) is 56.6 Å². The standard InChI is InChI=1S/C31H27N3O9/c1-41-21-8-6-19(7-9-21)12-15-42-22-10-11-26-20(16-22)17-27(43-26)25(35)18-31(29(37)38,30(39)40)13-14-34-28(36)23-4-2-3-5-24(23)32-33-34/h2-11,16-17H,12-15,18H2,1H3,(H,37,38)(H,39,40). The summed E-state index contributed by atoms with van der Waals surface area (Å²) in [6, 6.07) is 20.5. The van der Waals surface area contributed by atoms with Crippen molar-refractivity contribution in [2.45, 2.75) is 25.8 Å². The van der Waals surface area contributed by atoms with Gasteiger partial charge in [0, 0.05) is 24.8 Å². The number of aromatic nitrogens is 3. The van der Waals surface area contributed by atoms with Crippen molar-refractivity contribution in [3.63, 3.8) is 0 Å². The Morgan fingerprint density at radius 3 is 2.40 bits per heavy atom. The summed E-state index contributed by atoms with van der Waals surface area (Å²) in [5.41, 5.74) is -1.34. The lowest BCUT2D eigenvalue weighted by Crippen LogP contribution is -2.43. The maximum Gasteiger partial charge on any atom is 0.321 e. The van der Waals surface area contributed by atoms with Crippen LogP contribution >= 0.6 is 0 Å². The van der Waals surface area contributed by atoms with Gasteiger partial charge in [-0.3, -0.25) is 19.2 Å². The van der Waals surface area contributed by atoms with E-state index in [0.717, 1.165) is 16.0 Å². The number of ketones is 1. The first-order chi connectivity index (χ1) is 20.7. The van der Waals surface area contributed by atoms with E-state index in [9.17, 15) is 29.4 Å². The van der Waals surface area contributed by atoms with Gasteiger partial charge in [-0.1, -0.05) is 29.5 Å². The molecule has 3 aromatic carbocycles. The van der Waals surface area contributed by atoms with Crippen molar-refractivity contribution < 1.29 is 38.5 Å². The van der Waals surface area contributed by atoms with Crippen molar-refractivity contribution in [2.24, 2.45) is 5.41 Å². The summed E-state index contributed by atoms with van der Waals surface area (Å²) >= 11 is 0. The van der Waals surface area contributed by atoms with Crippen LogP contribution < -0.4 is 15.0 Å². The Labute approximate surface area is 244 Å². The number of nitrogens with zero attached hydrogens (tertiary/aromatic N) is 3. The minimum absolute atomic E-state index is 0.195. The van der Waals surface area contributed by atoms with Gasteiger partial charge in [0.1, 0.15) is 22.6 Å². The first-order valence-electron chi connectivity index (χ1n) is 13.3. The van der Waals surface area contributed by atoms with Crippen LogP contribution in [0.1, 0.15) is 29.0 Å². The molecule has 0 radical (unpaired) electrons. The molecule has 0 amide bonds. The van der Waals surface area contributed by atoms with E-state index in [1.165, 1.54) is 12.1 Å². The number of aliphatic carboxylic acids is 2. The Bertz CT molecular complexity index is 1860. The minimum Gasteiger partial charge on any atom is -0.497 e. The molecule has 5 rings (SSSR count). The molecule has 0 spiro atoms. The number of carbonyl (C=O) groups excluding carboxylic acids is 1. The zero-order chi connectivity index (χ0) is 30.6. The van der Waals surface area contributed by atoms with E-state index in [0.29, 0.717) is 35.3 Å². The average molecular weight is 586 g/mol. The highest BCUT2D eigenvalue weighted by Gasteiger charge is 2.48. The van der Waals surface area contributed by atoms with E-state index in [1.807, 2.05) is 24.3 Å². The topological polar surface area (TPSA) is 171 Å². The van der Waals surface area contributed by atoms with Crippen LogP contribution in [0, 0.1) is 5.41 Å². The van der Waals surface area contributed by atoms with Crippen LogP contribution in [0.5, 0.6) is 11.5 Å². The predicted molar refractivity (Wildman–Crippen MR) is 153 cm³/mol. The van der Waals surface area contributed by atoms with Crippen molar-refractivity contribution in [1.29, 1.82) is 0 Å². The van der Waals surface area contributed by atoms with Gasteiger partial charge in [0.15, 0.2) is 17.0 Å². The van der Waals surface area contributed by atoms with Crippen molar-refractivity contribution in [3.8, 4) is 11.5 Å². The Hall–Kier alpha value is -5.52. The first kappa shape index (κ1) is 29.0. The van der Waals surface area contributed by atoms with Gasteiger partial charge in [-0.2, -0.15) is 0 Å². The Balaban J connectivity index is 1.30. The highest BCUT2D eigenvalue weighted by atomic mass is 16.5. The fraction of sp³-hybridized carbons (Fsp3) is 0.226. The lowest BCUT2D eigenvalue weighted by atomic mass is 9.79. The molecule has 220 valence electrons. The largest absolute Gasteiger partial charge is 0.497 e. The molecule has 0 aliphatic rings. The molecule has 2 aromatic heterocycles. The van der Waals surface area contributed by atoms with Crippen LogP contribution in [0.2, 0.25) is 0 Å². The summed E-state index contributed by atoms with van der Waals surface area (Å²) in [7, 11) is 1.60. The van der Waals surface area contributed by atoms with E-state index in [1.54, 1.807) is 43.5 Å². The number of hydrogen-bond acceptors (Lipinski definition) is 9. The van der Waals surface area contributed by atoms with Gasteiger partial charge in [-0.25, -0.2) is 4.68 Å². The molecule has 2 N–H and O–H groups in total. The number of rotatable bonds is 13. The van der Waals surface area contributed by atoms with Crippen LogP contribution in [0.3, 0.4) is 0 Å². The monoisotopic (exact) mass is 585 g/mol. The number of methoxy groups -OCH3 is 1. The second-order valence-corrected chi connectivity index (χ2v) is 9.93. The third-order valence-electron chi connectivity index (χ3n) is 7.24. The molecular weight excluding hydrogens is 558 g/mol. The lowest BCUT2D eigenvalue weighted by Gasteiger charge is -2.23. The zero-order valence-corrected chi connectivity index (χ0v) is 23.1. The van der Waals surface area contributed by atoms with Crippen molar-refractivity contribution in [2.75, 3.05) is 13.7 Å². The predicted octanol–water partition coefficient (Wildman–Crippen LogP) is 3.99. The molecule has 0 aliphatic heterocycles. The summed E-state index contributed by atoms with van der Waals surface area (Å²) in [5.74, 6) is -3.16. The van der Waals surface area contributed by atoms with Crippen LogP contribution in [0.4, 0.5) is 0 Å². The Morgan fingerprint density at radius 1 is 0.953 bits per heavy atom. The van der Waals surface area contributed by atoms with E-state index >= 15 is 0 Å². The quantitative estimate of drug-likeness (QED) is 0.151. The average Bonchev–Trinajstić information content (AvgIpc) is 3.44. The Morgan fingerprint density at radius 2 is 1.67 bits per heavy atom. The van der Waals surface area contributed by atoms with E-state index in [2.05, 4.69) is 10.3 Å². The number of benzene rings is 3. The molecular formula is C31H27N3O9. The van der Waals surface area contributed by atoms with Gasteiger partial charge in [-0.05, 0) is 60.5 Å². The highest BCUT2D eigenvalue weighted by molar-refractivity contribution is 6.06. The van der Waals surface area contributed by atoms with Gasteiger partial charge < -0.3 is 24.1 Å². The molecule has 43 heavy (non-hydrogen) atoms. The van der Waals surface area contributed by atoms with Gasteiger partial charge in [0.2, 0.25) is 0 Å². The summed E-state index contributed by atoms with van der Waals surface area (Å²) in [6.45, 7) is 0.00575. The molecule has 0 saturated carbocycles. The number of hydrogen-bond donors (Lipinski definition) is 2. The second-order valence-electron chi connectivity index (χ2n) is 9.93. The highest BCUT2D eigenvalue weighted by Crippen LogP contribution is 2.32. The first-order valence-corrected chi connectivity index (χ1v) is 13.3. The van der Waals surface area contributed by atoms with Crippen LogP contribution in [-0.2, 0) is 22.6 Å². The smallest absolute Gasteiger partial charge is 0.321 e. The number of furan rings is 1. The Kier molecular flexibility index (Phi) is 8.19. The van der Waals surface area contributed by atoms with Gasteiger partial charge >= 0.3 is 11.9 Å². The second kappa shape index (κ2) is 12.1. The molecule has 0 fully saturated rings. The minimum atomic E-state index is -2.54. The molecule has 2 heterocycles. The molecule has 0 unspecified atom stereocenters. The zero-order valence-electron chi connectivity index (χ0n) is 23.1. The van der Waals surface area contributed by atoms with Crippen LogP contribution in [0.15, 0.2) is 82.0 Å². The normalized spacial score (nSPS) is 11.5. The van der Waals surface area contributed by atoms with Crippen molar-refractivity contribution >= 4 is 39.6 Å². The van der Waals surface area contributed by atoms with Gasteiger partial charge in [0.25, 0.3) is 5.56 Å². The van der Waals surface area contributed by atoms with E-state index < -0.39 is 41.5 Å². The molecule has 0 saturated heterocycles. The molecule has 0 atom stereocenters. The van der Waals surface area contributed by atoms with E-state index in [4.69, 9.17) is 13.9 Å². The fourth-order valence-electron chi connectivity index (χ4n) is 4.70. The lowest BCUT2D eigenvalue weighted by molar-refractivity contribution is -0.165. The summed E-state index contributed by atoms with van der Waals surface area (Å²) < 4.78 is 17.5. The molecule has 12 nitrogen and oxygen atoms in total. The van der Waals surface area contributed by atoms with Crippen molar-refractivity contribution in [3.05, 3.63) is 94.5 Å². The third-order valence-corrected chi connectivity index (χ3v) is 7.24. The number of carbonyl (C=O) groups is 3. The van der Waals surface area contributed by atoms with E-state index in [-0.39, 0.29) is 17.7 Å². The fourth-order valence-corrected chi connectivity index (χ4v) is 4.70. The SMILES string of the molecule is COc1ccc(CCOc2ccc3oc(C(=O)CC(CCn4nnc5ccccc5c4=O)(C(=O)O)C(=O)O)cc3c2)cc1. The maximum atomic E-state index is 13.2. The molecule has 12 heteroatoms. The number of ether oxygens (including phenoxy) is 2.